The predicted octanol–water partition coefficient (Wildman–Crippen LogP) is 2.60. The van der Waals surface area contributed by atoms with Crippen molar-refractivity contribution in [2.45, 2.75) is 32.1 Å². The van der Waals surface area contributed by atoms with Gasteiger partial charge in [0.2, 0.25) is 0 Å². The third kappa shape index (κ3) is 6.13. The van der Waals surface area contributed by atoms with E-state index in [4.69, 9.17) is 22.2 Å². The Morgan fingerprint density at radius 2 is 2.21 bits per heavy atom. The average Bonchev–Trinajstić information content (AvgIpc) is 2.29. The van der Waals surface area contributed by atoms with Gasteiger partial charge in [-0.1, -0.05) is 11.6 Å². The zero-order valence-corrected chi connectivity index (χ0v) is 12.8. The van der Waals surface area contributed by atoms with Crippen LogP contribution >= 0.6 is 23.4 Å². The number of nitrogens with two attached hydrogens (primary N) is 1. The van der Waals surface area contributed by atoms with Gasteiger partial charge in [-0.2, -0.15) is 0 Å². The number of pyridine rings is 1. The molecule has 0 unspecified atom stereocenters. The highest BCUT2D eigenvalue weighted by atomic mass is 35.5. The summed E-state index contributed by atoms with van der Waals surface area (Å²) in [6.45, 7) is 5.51. The van der Waals surface area contributed by atoms with E-state index in [1.165, 1.54) is 11.8 Å². The van der Waals surface area contributed by atoms with Crippen LogP contribution in [0.3, 0.4) is 0 Å². The smallest absolute Gasteiger partial charge is 0.316 e. The summed E-state index contributed by atoms with van der Waals surface area (Å²) in [6.07, 6.45) is 0. The molecule has 3 N–H and O–H groups in total. The van der Waals surface area contributed by atoms with Crippen LogP contribution in [-0.2, 0) is 15.3 Å². The molecule has 1 aromatic heterocycles. The van der Waals surface area contributed by atoms with Gasteiger partial charge in [0.05, 0.1) is 16.5 Å². The quantitative estimate of drug-likeness (QED) is 0.494. The highest BCUT2D eigenvalue weighted by Crippen LogP contribution is 2.21. The zero-order chi connectivity index (χ0) is 14.5. The average molecular weight is 304 g/mol. The van der Waals surface area contributed by atoms with Crippen molar-refractivity contribution in [3.63, 3.8) is 0 Å². The maximum absolute atomic E-state index is 11.5. The van der Waals surface area contributed by atoms with Gasteiger partial charge < -0.3 is 10.2 Å². The molecule has 0 radical (unpaired) electrons. The first-order valence-corrected chi connectivity index (χ1v) is 7.27. The standard InChI is InChI=1S/C12H18ClN3O2S/c1-12(2,3)18-11(17)7-19-6-9-8(13)4-5-10(15-9)16-14/h4-5H,6-7,14H2,1-3H3,(H,15,16). The minimum Gasteiger partial charge on any atom is -0.459 e. The molecule has 0 saturated carbocycles. The van der Waals surface area contributed by atoms with Gasteiger partial charge in [0.25, 0.3) is 0 Å². The van der Waals surface area contributed by atoms with E-state index in [1.807, 2.05) is 20.8 Å². The molecule has 0 aromatic carbocycles. The topological polar surface area (TPSA) is 77.2 Å². The van der Waals surface area contributed by atoms with E-state index in [9.17, 15) is 4.79 Å². The molecule has 0 aliphatic heterocycles. The second-order valence-electron chi connectivity index (χ2n) is 4.85. The predicted molar refractivity (Wildman–Crippen MR) is 79.1 cm³/mol. The lowest BCUT2D eigenvalue weighted by Crippen LogP contribution is -2.25. The fourth-order valence-electron chi connectivity index (χ4n) is 1.27. The summed E-state index contributed by atoms with van der Waals surface area (Å²) in [5, 5.41) is 0.552. The number of hydrogen-bond acceptors (Lipinski definition) is 6. The molecule has 5 nitrogen and oxygen atoms in total. The van der Waals surface area contributed by atoms with Crippen LogP contribution in [0.15, 0.2) is 12.1 Å². The van der Waals surface area contributed by atoms with E-state index in [1.54, 1.807) is 12.1 Å². The number of esters is 1. The number of nitrogens with one attached hydrogen (secondary N) is 1. The third-order valence-electron chi connectivity index (χ3n) is 1.95. The minimum absolute atomic E-state index is 0.248. The van der Waals surface area contributed by atoms with Crippen molar-refractivity contribution >= 4 is 35.1 Å². The fraction of sp³-hybridized carbons (Fsp3) is 0.500. The normalized spacial score (nSPS) is 11.2. The van der Waals surface area contributed by atoms with Crippen molar-refractivity contribution in [3.8, 4) is 0 Å². The molecular weight excluding hydrogens is 286 g/mol. The summed E-state index contributed by atoms with van der Waals surface area (Å²) in [7, 11) is 0. The minimum atomic E-state index is -0.461. The van der Waals surface area contributed by atoms with E-state index < -0.39 is 5.60 Å². The number of halogens is 1. The largest absolute Gasteiger partial charge is 0.459 e. The number of thioether (sulfide) groups is 1. The Hall–Kier alpha value is -0.980. The van der Waals surface area contributed by atoms with Crippen molar-refractivity contribution in [1.82, 2.24) is 4.98 Å². The second-order valence-corrected chi connectivity index (χ2v) is 6.24. The fourth-order valence-corrected chi connectivity index (χ4v) is 2.26. The molecule has 1 rings (SSSR count). The number of hydrogen-bond donors (Lipinski definition) is 2. The van der Waals surface area contributed by atoms with E-state index in [2.05, 4.69) is 10.4 Å². The first-order valence-electron chi connectivity index (χ1n) is 5.73. The first-order chi connectivity index (χ1) is 8.81. The van der Waals surface area contributed by atoms with E-state index in [0.29, 0.717) is 22.3 Å². The molecule has 0 bridgehead atoms. The number of nitrogen functional groups attached to an aromatic ring is 1. The van der Waals surface area contributed by atoms with E-state index in [-0.39, 0.29) is 11.7 Å². The van der Waals surface area contributed by atoms with Gasteiger partial charge in [0, 0.05) is 5.75 Å². The lowest BCUT2D eigenvalue weighted by atomic mass is 10.2. The van der Waals surface area contributed by atoms with E-state index in [0.717, 1.165) is 0 Å². The van der Waals surface area contributed by atoms with Crippen LogP contribution in [-0.4, -0.2) is 22.3 Å². The number of hydrazine groups is 1. The van der Waals surface area contributed by atoms with Gasteiger partial charge in [-0.15, -0.1) is 11.8 Å². The van der Waals surface area contributed by atoms with Crippen LogP contribution in [0.1, 0.15) is 26.5 Å². The number of aromatic nitrogens is 1. The van der Waals surface area contributed by atoms with Crippen LogP contribution in [0.2, 0.25) is 5.02 Å². The Bertz CT molecular complexity index is 449. The highest BCUT2D eigenvalue weighted by molar-refractivity contribution is 7.99. The number of carbonyl (C=O) groups excluding carboxylic acids is 1. The Morgan fingerprint density at radius 1 is 1.53 bits per heavy atom. The van der Waals surface area contributed by atoms with Gasteiger partial charge in [0.1, 0.15) is 11.4 Å². The Kier molecular flexibility index (Phi) is 5.90. The van der Waals surface area contributed by atoms with Crippen LogP contribution < -0.4 is 11.3 Å². The summed E-state index contributed by atoms with van der Waals surface area (Å²) in [5.74, 6) is 6.35. The lowest BCUT2D eigenvalue weighted by molar-refractivity contribution is -0.151. The molecule has 1 heterocycles. The maximum Gasteiger partial charge on any atom is 0.316 e. The lowest BCUT2D eigenvalue weighted by Gasteiger charge is -2.19. The van der Waals surface area contributed by atoms with Gasteiger partial charge in [-0.25, -0.2) is 10.8 Å². The van der Waals surface area contributed by atoms with Crippen LogP contribution in [0, 0.1) is 0 Å². The van der Waals surface area contributed by atoms with Crippen LogP contribution in [0.25, 0.3) is 0 Å². The molecule has 0 aliphatic carbocycles. The molecule has 0 amide bonds. The van der Waals surface area contributed by atoms with Gasteiger partial charge in [-0.3, -0.25) is 4.79 Å². The SMILES string of the molecule is CC(C)(C)OC(=O)CSCc1nc(NN)ccc1Cl. The number of rotatable bonds is 5. The summed E-state index contributed by atoms with van der Waals surface area (Å²) < 4.78 is 5.21. The molecular formula is C12H18ClN3O2S. The summed E-state index contributed by atoms with van der Waals surface area (Å²) in [6, 6.07) is 3.40. The molecule has 0 saturated heterocycles. The summed E-state index contributed by atoms with van der Waals surface area (Å²) >= 11 is 7.41. The van der Waals surface area contributed by atoms with Gasteiger partial charge in [-0.05, 0) is 32.9 Å². The monoisotopic (exact) mass is 303 g/mol. The second kappa shape index (κ2) is 6.98. The molecule has 0 atom stereocenters. The van der Waals surface area contributed by atoms with Crippen molar-refractivity contribution in [1.29, 1.82) is 0 Å². The van der Waals surface area contributed by atoms with Crippen molar-refractivity contribution in [2.75, 3.05) is 11.2 Å². The molecule has 106 valence electrons. The van der Waals surface area contributed by atoms with Gasteiger partial charge >= 0.3 is 5.97 Å². The molecule has 0 fully saturated rings. The van der Waals surface area contributed by atoms with Gasteiger partial charge in [0.15, 0.2) is 0 Å². The zero-order valence-electron chi connectivity index (χ0n) is 11.2. The van der Waals surface area contributed by atoms with Crippen molar-refractivity contribution < 1.29 is 9.53 Å². The third-order valence-corrected chi connectivity index (χ3v) is 3.21. The Balaban J connectivity index is 2.47. The highest BCUT2D eigenvalue weighted by Gasteiger charge is 2.16. The van der Waals surface area contributed by atoms with Crippen molar-refractivity contribution in [3.05, 3.63) is 22.8 Å². The Morgan fingerprint density at radius 3 is 2.79 bits per heavy atom. The number of nitrogens with zero attached hydrogens (tertiary/aromatic N) is 1. The number of anilines is 1. The first kappa shape index (κ1) is 16.1. The Labute approximate surface area is 122 Å². The maximum atomic E-state index is 11.5. The molecule has 1 aromatic rings. The summed E-state index contributed by atoms with van der Waals surface area (Å²) in [5.41, 5.74) is 2.68. The molecule has 0 aliphatic rings. The molecule has 0 spiro atoms. The van der Waals surface area contributed by atoms with Crippen LogP contribution in [0.4, 0.5) is 5.82 Å². The van der Waals surface area contributed by atoms with Crippen LogP contribution in [0.5, 0.6) is 0 Å². The molecule has 19 heavy (non-hydrogen) atoms. The van der Waals surface area contributed by atoms with Crippen molar-refractivity contribution in [2.24, 2.45) is 5.84 Å². The summed E-state index contributed by atoms with van der Waals surface area (Å²) in [4.78, 5) is 15.7. The number of ether oxygens (including phenoxy) is 1. The number of carbonyl (C=O) groups is 1. The molecule has 7 heteroatoms. The van der Waals surface area contributed by atoms with E-state index >= 15 is 0 Å².